The van der Waals surface area contributed by atoms with Gasteiger partial charge in [0.2, 0.25) is 0 Å². The van der Waals surface area contributed by atoms with Gasteiger partial charge < -0.3 is 5.32 Å². The second-order valence-corrected chi connectivity index (χ2v) is 7.30. The predicted octanol–water partition coefficient (Wildman–Crippen LogP) is 2.52. The van der Waals surface area contributed by atoms with Gasteiger partial charge in [0, 0.05) is 36.3 Å². The summed E-state index contributed by atoms with van der Waals surface area (Å²) >= 11 is 0. The number of hydrogen-bond donors (Lipinski definition) is 1. The SMILES string of the molecule is CNCc1cn(S(=O)(=O)c2cccnc2)c(-c2ccccc2F)c1C#N. The molecule has 0 atom stereocenters. The molecule has 0 saturated carbocycles. The van der Waals surface area contributed by atoms with Crippen LogP contribution in [0.1, 0.15) is 11.1 Å². The van der Waals surface area contributed by atoms with Crippen molar-refractivity contribution >= 4 is 10.0 Å². The fourth-order valence-corrected chi connectivity index (χ4v) is 4.06. The van der Waals surface area contributed by atoms with Crippen LogP contribution in [-0.2, 0) is 16.6 Å². The van der Waals surface area contributed by atoms with Gasteiger partial charge in [-0.1, -0.05) is 12.1 Å². The molecule has 2 heterocycles. The van der Waals surface area contributed by atoms with Crippen LogP contribution in [0.2, 0.25) is 0 Å². The largest absolute Gasteiger partial charge is 0.316 e. The average molecular weight is 370 g/mol. The predicted molar refractivity (Wildman–Crippen MR) is 94.1 cm³/mol. The van der Waals surface area contributed by atoms with Crippen LogP contribution in [0.3, 0.4) is 0 Å². The molecule has 132 valence electrons. The third-order valence-corrected chi connectivity index (χ3v) is 5.49. The van der Waals surface area contributed by atoms with Crippen LogP contribution in [0.4, 0.5) is 4.39 Å². The van der Waals surface area contributed by atoms with E-state index in [2.05, 4.69) is 10.3 Å². The normalized spacial score (nSPS) is 11.3. The fourth-order valence-electron chi connectivity index (χ4n) is 2.69. The smallest absolute Gasteiger partial charge is 0.269 e. The van der Waals surface area contributed by atoms with Gasteiger partial charge in [-0.3, -0.25) is 4.98 Å². The van der Waals surface area contributed by atoms with E-state index in [-0.39, 0.29) is 28.3 Å². The molecule has 0 radical (unpaired) electrons. The van der Waals surface area contributed by atoms with Crippen molar-refractivity contribution in [3.05, 3.63) is 71.9 Å². The molecule has 2 aromatic heterocycles. The van der Waals surface area contributed by atoms with Gasteiger partial charge in [-0.05, 0) is 31.3 Å². The first kappa shape index (κ1) is 17.8. The van der Waals surface area contributed by atoms with E-state index in [1.165, 1.54) is 48.9 Å². The number of nitriles is 1. The summed E-state index contributed by atoms with van der Waals surface area (Å²) in [4.78, 5) is 3.79. The highest BCUT2D eigenvalue weighted by Crippen LogP contribution is 2.32. The molecule has 0 bridgehead atoms. The highest BCUT2D eigenvalue weighted by Gasteiger charge is 2.27. The Morgan fingerprint density at radius 3 is 2.65 bits per heavy atom. The minimum Gasteiger partial charge on any atom is -0.316 e. The molecule has 0 aliphatic carbocycles. The Bertz CT molecular complexity index is 1090. The van der Waals surface area contributed by atoms with Crippen LogP contribution >= 0.6 is 0 Å². The van der Waals surface area contributed by atoms with Crippen molar-refractivity contribution in [3.63, 3.8) is 0 Å². The van der Waals surface area contributed by atoms with E-state index in [1.807, 2.05) is 6.07 Å². The lowest BCUT2D eigenvalue weighted by Gasteiger charge is -2.11. The lowest BCUT2D eigenvalue weighted by molar-refractivity contribution is 0.587. The summed E-state index contributed by atoms with van der Waals surface area (Å²) in [7, 11) is -2.38. The van der Waals surface area contributed by atoms with Crippen molar-refractivity contribution < 1.29 is 12.8 Å². The van der Waals surface area contributed by atoms with E-state index in [1.54, 1.807) is 13.1 Å². The lowest BCUT2D eigenvalue weighted by Crippen LogP contribution is -2.14. The van der Waals surface area contributed by atoms with Crippen molar-refractivity contribution in [3.8, 4) is 17.3 Å². The summed E-state index contributed by atoms with van der Waals surface area (Å²) in [5, 5.41) is 12.5. The minimum absolute atomic E-state index is 0.000275. The summed E-state index contributed by atoms with van der Waals surface area (Å²) in [6.45, 7) is 0.264. The number of pyridine rings is 1. The molecule has 26 heavy (non-hydrogen) atoms. The molecule has 1 aromatic carbocycles. The van der Waals surface area contributed by atoms with Crippen molar-refractivity contribution in [1.82, 2.24) is 14.3 Å². The van der Waals surface area contributed by atoms with E-state index in [4.69, 9.17) is 0 Å². The summed E-state index contributed by atoms with van der Waals surface area (Å²) in [6.07, 6.45) is 4.02. The van der Waals surface area contributed by atoms with Gasteiger partial charge in [0.25, 0.3) is 10.0 Å². The first-order valence-corrected chi connectivity index (χ1v) is 9.14. The Morgan fingerprint density at radius 1 is 1.27 bits per heavy atom. The molecular weight excluding hydrogens is 355 g/mol. The third-order valence-electron chi connectivity index (χ3n) is 3.85. The number of halogens is 1. The zero-order valence-electron chi connectivity index (χ0n) is 13.8. The van der Waals surface area contributed by atoms with E-state index < -0.39 is 15.8 Å². The number of nitrogens with zero attached hydrogens (tertiary/aromatic N) is 3. The van der Waals surface area contributed by atoms with Gasteiger partial charge in [0.1, 0.15) is 16.8 Å². The molecule has 0 fully saturated rings. The zero-order valence-corrected chi connectivity index (χ0v) is 14.7. The second kappa shape index (κ2) is 7.07. The number of rotatable bonds is 5. The fraction of sp³-hybridized carbons (Fsp3) is 0.111. The topological polar surface area (TPSA) is 87.8 Å². The molecular formula is C18H15FN4O2S. The van der Waals surface area contributed by atoms with Crippen molar-refractivity contribution in [2.75, 3.05) is 7.05 Å². The Labute approximate surface area is 150 Å². The first-order valence-electron chi connectivity index (χ1n) is 7.70. The Balaban J connectivity index is 2.36. The quantitative estimate of drug-likeness (QED) is 0.746. The maximum Gasteiger partial charge on any atom is 0.269 e. The van der Waals surface area contributed by atoms with Gasteiger partial charge in [-0.25, -0.2) is 16.8 Å². The van der Waals surface area contributed by atoms with Crippen LogP contribution in [0.5, 0.6) is 0 Å². The third kappa shape index (κ3) is 2.98. The van der Waals surface area contributed by atoms with E-state index in [0.717, 1.165) is 3.97 Å². The standard InChI is InChI=1S/C18H15FN4O2S/c1-21-10-13-12-23(26(24,25)14-5-4-8-22-11-14)18(16(13)9-20)15-6-2-3-7-17(15)19/h2-8,11-12,21H,10H2,1H3. The first-order chi connectivity index (χ1) is 12.5. The average Bonchev–Trinajstić information content (AvgIpc) is 3.02. The van der Waals surface area contributed by atoms with Gasteiger partial charge in [0.15, 0.2) is 0 Å². The molecule has 0 spiro atoms. The number of nitrogens with one attached hydrogen (secondary N) is 1. The molecule has 3 rings (SSSR count). The van der Waals surface area contributed by atoms with Crippen LogP contribution in [0.25, 0.3) is 11.3 Å². The molecule has 6 nitrogen and oxygen atoms in total. The molecule has 0 amide bonds. The van der Waals surface area contributed by atoms with E-state index >= 15 is 0 Å². The number of hydrogen-bond acceptors (Lipinski definition) is 5. The van der Waals surface area contributed by atoms with Crippen molar-refractivity contribution in [2.24, 2.45) is 0 Å². The second-order valence-electron chi connectivity index (χ2n) is 5.49. The number of aromatic nitrogens is 2. The summed E-state index contributed by atoms with van der Waals surface area (Å²) < 4.78 is 41.6. The summed E-state index contributed by atoms with van der Waals surface area (Å²) in [5.74, 6) is -0.610. The molecule has 0 saturated heterocycles. The van der Waals surface area contributed by atoms with Gasteiger partial charge >= 0.3 is 0 Å². The Morgan fingerprint density at radius 2 is 2.04 bits per heavy atom. The zero-order chi connectivity index (χ0) is 18.7. The van der Waals surface area contributed by atoms with E-state index in [9.17, 15) is 18.1 Å². The van der Waals surface area contributed by atoms with Gasteiger partial charge in [-0.15, -0.1) is 0 Å². The molecule has 0 aliphatic rings. The molecule has 0 unspecified atom stereocenters. The Kier molecular flexibility index (Phi) is 4.84. The maximum atomic E-state index is 14.4. The monoisotopic (exact) mass is 370 g/mol. The summed E-state index contributed by atoms with van der Waals surface area (Å²) in [5.41, 5.74) is 0.608. The Hall–Kier alpha value is -3.02. The molecule has 3 aromatic rings. The van der Waals surface area contributed by atoms with Crippen LogP contribution in [0, 0.1) is 17.1 Å². The van der Waals surface area contributed by atoms with Crippen molar-refractivity contribution in [1.29, 1.82) is 5.26 Å². The van der Waals surface area contributed by atoms with Crippen LogP contribution in [0.15, 0.2) is 59.9 Å². The summed E-state index contributed by atoms with van der Waals surface area (Å²) in [6, 6.07) is 10.7. The molecule has 1 N–H and O–H groups in total. The van der Waals surface area contributed by atoms with E-state index in [0.29, 0.717) is 5.56 Å². The van der Waals surface area contributed by atoms with Crippen molar-refractivity contribution in [2.45, 2.75) is 11.4 Å². The van der Waals surface area contributed by atoms with Crippen LogP contribution in [-0.4, -0.2) is 24.4 Å². The van der Waals surface area contributed by atoms with Crippen LogP contribution < -0.4 is 5.32 Å². The highest BCUT2D eigenvalue weighted by atomic mass is 32.2. The maximum absolute atomic E-state index is 14.4. The van der Waals surface area contributed by atoms with Gasteiger partial charge in [0.05, 0.1) is 11.3 Å². The minimum atomic E-state index is -4.06. The highest BCUT2D eigenvalue weighted by molar-refractivity contribution is 7.90. The lowest BCUT2D eigenvalue weighted by atomic mass is 10.1. The molecule has 0 aliphatic heterocycles. The number of benzene rings is 1. The molecule has 8 heteroatoms. The van der Waals surface area contributed by atoms with Gasteiger partial charge in [-0.2, -0.15) is 5.26 Å².